The van der Waals surface area contributed by atoms with Crippen LogP contribution in [0.2, 0.25) is 5.02 Å². The van der Waals surface area contributed by atoms with Crippen molar-refractivity contribution in [1.82, 2.24) is 15.2 Å². The van der Waals surface area contributed by atoms with E-state index in [1.165, 1.54) is 12.8 Å². The maximum Gasteiger partial charge on any atom is 0.270 e. The van der Waals surface area contributed by atoms with Crippen LogP contribution in [0.1, 0.15) is 23.3 Å². The number of aromatic nitrogens is 1. The minimum Gasteiger partial charge on any atom is -0.351 e. The molecular formula is C16H18ClN3O. The molecule has 110 valence electrons. The van der Waals surface area contributed by atoms with Crippen molar-refractivity contribution in [2.24, 2.45) is 5.92 Å². The van der Waals surface area contributed by atoms with E-state index in [2.05, 4.69) is 10.3 Å². The Hall–Kier alpha value is -1.52. The number of likely N-dealkylation sites (tertiary alicyclic amines) is 1. The Morgan fingerprint density at radius 3 is 3.05 bits per heavy atom. The molecule has 3 heterocycles. The highest BCUT2D eigenvalue weighted by Crippen LogP contribution is 2.27. The van der Waals surface area contributed by atoms with E-state index in [0.717, 1.165) is 30.5 Å². The van der Waals surface area contributed by atoms with Gasteiger partial charge >= 0.3 is 0 Å². The summed E-state index contributed by atoms with van der Waals surface area (Å²) in [6.45, 7) is 2.76. The molecule has 0 radical (unpaired) electrons. The highest BCUT2D eigenvalue weighted by molar-refractivity contribution is 6.31. The molecule has 0 saturated carbocycles. The molecule has 1 aromatic heterocycles. The van der Waals surface area contributed by atoms with Crippen molar-refractivity contribution < 1.29 is 4.79 Å². The second kappa shape index (κ2) is 5.04. The third-order valence-electron chi connectivity index (χ3n) is 4.70. The van der Waals surface area contributed by atoms with Gasteiger partial charge in [0.1, 0.15) is 5.69 Å². The fourth-order valence-electron chi connectivity index (χ4n) is 3.60. The van der Waals surface area contributed by atoms with Gasteiger partial charge in [0.25, 0.3) is 5.91 Å². The van der Waals surface area contributed by atoms with Crippen LogP contribution in [0.5, 0.6) is 0 Å². The zero-order valence-corrected chi connectivity index (χ0v) is 12.5. The molecule has 4 nitrogen and oxygen atoms in total. The average Bonchev–Trinajstić information content (AvgIpc) is 3.09. The molecule has 5 heteroatoms. The lowest BCUT2D eigenvalue weighted by atomic mass is 9.94. The number of nitrogens with zero attached hydrogens (tertiary/aromatic N) is 1. The van der Waals surface area contributed by atoms with E-state index in [-0.39, 0.29) is 5.91 Å². The van der Waals surface area contributed by atoms with Crippen LogP contribution in [0.4, 0.5) is 0 Å². The lowest BCUT2D eigenvalue weighted by molar-refractivity contribution is 0.0781. The molecule has 0 spiro atoms. The number of hydrogen-bond acceptors (Lipinski definition) is 2. The first kappa shape index (κ1) is 13.2. The van der Waals surface area contributed by atoms with Gasteiger partial charge in [0, 0.05) is 35.1 Å². The monoisotopic (exact) mass is 303 g/mol. The molecule has 2 saturated heterocycles. The van der Waals surface area contributed by atoms with Gasteiger partial charge in [-0.15, -0.1) is 0 Å². The fraction of sp³-hybridized carbons (Fsp3) is 0.438. The molecule has 4 rings (SSSR count). The summed E-state index contributed by atoms with van der Waals surface area (Å²) in [6, 6.07) is 8.01. The second-order valence-corrected chi connectivity index (χ2v) is 6.52. The first-order chi connectivity index (χ1) is 10.2. The van der Waals surface area contributed by atoms with E-state index in [1.807, 2.05) is 29.2 Å². The van der Waals surface area contributed by atoms with Crippen molar-refractivity contribution in [3.8, 4) is 0 Å². The van der Waals surface area contributed by atoms with Gasteiger partial charge in [0.2, 0.25) is 0 Å². The number of nitrogens with one attached hydrogen (secondary N) is 2. The third-order valence-corrected chi connectivity index (χ3v) is 4.93. The number of halogens is 1. The van der Waals surface area contributed by atoms with Gasteiger partial charge in [0.15, 0.2) is 0 Å². The van der Waals surface area contributed by atoms with Gasteiger partial charge in [0.05, 0.1) is 0 Å². The number of benzene rings is 1. The molecule has 0 unspecified atom stereocenters. The third kappa shape index (κ3) is 2.32. The molecule has 2 aromatic rings. The minimum atomic E-state index is 0.0959. The van der Waals surface area contributed by atoms with Gasteiger partial charge in [-0.1, -0.05) is 11.6 Å². The summed E-state index contributed by atoms with van der Waals surface area (Å²) in [5.74, 6) is 0.708. The van der Waals surface area contributed by atoms with E-state index < -0.39 is 0 Å². The zero-order valence-electron chi connectivity index (χ0n) is 11.7. The molecule has 1 aromatic carbocycles. The maximum atomic E-state index is 12.7. The fourth-order valence-corrected chi connectivity index (χ4v) is 3.78. The quantitative estimate of drug-likeness (QED) is 0.851. The summed E-state index contributed by atoms with van der Waals surface area (Å²) in [6.07, 6.45) is 2.44. The van der Waals surface area contributed by atoms with Crippen molar-refractivity contribution in [2.45, 2.75) is 18.9 Å². The molecule has 2 atom stereocenters. The van der Waals surface area contributed by atoms with Crippen LogP contribution < -0.4 is 5.32 Å². The van der Waals surface area contributed by atoms with Crippen molar-refractivity contribution in [3.05, 3.63) is 35.0 Å². The lowest BCUT2D eigenvalue weighted by Gasteiger charge is -2.24. The summed E-state index contributed by atoms with van der Waals surface area (Å²) in [4.78, 5) is 17.9. The van der Waals surface area contributed by atoms with Crippen LogP contribution in [0, 0.1) is 5.92 Å². The first-order valence-corrected chi connectivity index (χ1v) is 7.89. The summed E-state index contributed by atoms with van der Waals surface area (Å²) in [5, 5.41) is 5.21. The number of carbonyl (C=O) groups is 1. The van der Waals surface area contributed by atoms with E-state index in [1.54, 1.807) is 0 Å². The van der Waals surface area contributed by atoms with Gasteiger partial charge in [-0.2, -0.15) is 0 Å². The largest absolute Gasteiger partial charge is 0.351 e. The molecule has 21 heavy (non-hydrogen) atoms. The Morgan fingerprint density at radius 1 is 1.29 bits per heavy atom. The van der Waals surface area contributed by atoms with Crippen LogP contribution in [-0.4, -0.2) is 41.5 Å². The average molecular weight is 304 g/mol. The predicted molar refractivity (Wildman–Crippen MR) is 83.7 cm³/mol. The second-order valence-electron chi connectivity index (χ2n) is 6.09. The Balaban J connectivity index is 1.58. The molecule has 2 N–H and O–H groups in total. The van der Waals surface area contributed by atoms with Crippen LogP contribution in [0.25, 0.3) is 10.9 Å². The first-order valence-electron chi connectivity index (χ1n) is 7.51. The highest BCUT2D eigenvalue weighted by atomic mass is 35.5. The molecule has 0 bridgehead atoms. The van der Waals surface area contributed by atoms with Gasteiger partial charge in [-0.05, 0) is 49.6 Å². The normalized spacial score (nSPS) is 25.3. The summed E-state index contributed by atoms with van der Waals surface area (Å²) in [7, 11) is 0. The minimum absolute atomic E-state index is 0.0959. The van der Waals surface area contributed by atoms with Crippen LogP contribution >= 0.6 is 11.6 Å². The Kier molecular flexibility index (Phi) is 3.16. The van der Waals surface area contributed by atoms with E-state index in [0.29, 0.717) is 22.7 Å². The molecule has 0 aliphatic carbocycles. The number of hydrogen-bond donors (Lipinski definition) is 2. The summed E-state index contributed by atoms with van der Waals surface area (Å²) < 4.78 is 0. The van der Waals surface area contributed by atoms with Crippen molar-refractivity contribution in [3.63, 3.8) is 0 Å². The highest BCUT2D eigenvalue weighted by Gasteiger charge is 2.36. The standard InChI is InChI=1S/C16H18ClN3O/c17-12-3-4-13-11(6-12)7-14(19-13)16(21)20-8-10-2-1-5-18-15(10)9-20/h3-4,6-7,10,15,18-19H,1-2,5,8-9H2/t10-,15+/m1/s1. The molecular weight excluding hydrogens is 286 g/mol. The van der Waals surface area contributed by atoms with Crippen LogP contribution in [0.15, 0.2) is 24.3 Å². The molecule has 2 fully saturated rings. The summed E-state index contributed by atoms with van der Waals surface area (Å²) in [5.41, 5.74) is 1.61. The van der Waals surface area contributed by atoms with Gasteiger partial charge in [-0.25, -0.2) is 0 Å². The number of rotatable bonds is 1. The van der Waals surface area contributed by atoms with Crippen LogP contribution in [-0.2, 0) is 0 Å². The number of fused-ring (bicyclic) bond motifs is 2. The Labute approximate surface area is 128 Å². The topological polar surface area (TPSA) is 48.1 Å². The maximum absolute atomic E-state index is 12.7. The number of amides is 1. The van der Waals surface area contributed by atoms with Gasteiger partial charge < -0.3 is 15.2 Å². The summed E-state index contributed by atoms with van der Waals surface area (Å²) >= 11 is 6.00. The lowest BCUT2D eigenvalue weighted by Crippen LogP contribution is -2.41. The smallest absolute Gasteiger partial charge is 0.270 e. The SMILES string of the molecule is O=C(c1cc2cc(Cl)ccc2[nH]1)N1C[C@H]2CCCN[C@H]2C1. The van der Waals surface area contributed by atoms with Crippen molar-refractivity contribution in [2.75, 3.05) is 19.6 Å². The van der Waals surface area contributed by atoms with Gasteiger partial charge in [-0.3, -0.25) is 4.79 Å². The van der Waals surface area contributed by atoms with E-state index in [9.17, 15) is 4.79 Å². The number of aromatic amines is 1. The predicted octanol–water partition coefficient (Wildman–Crippen LogP) is 2.65. The number of H-pyrrole nitrogens is 1. The zero-order chi connectivity index (χ0) is 14.4. The van der Waals surface area contributed by atoms with Crippen LogP contribution in [0.3, 0.4) is 0 Å². The van der Waals surface area contributed by atoms with Crippen molar-refractivity contribution >= 4 is 28.4 Å². The number of piperidine rings is 1. The Morgan fingerprint density at radius 2 is 2.19 bits per heavy atom. The van der Waals surface area contributed by atoms with E-state index in [4.69, 9.17) is 11.6 Å². The molecule has 2 aliphatic heterocycles. The van der Waals surface area contributed by atoms with E-state index >= 15 is 0 Å². The molecule has 2 aliphatic rings. The number of carbonyl (C=O) groups excluding carboxylic acids is 1. The molecule has 1 amide bonds. The Bertz CT molecular complexity index is 682. The van der Waals surface area contributed by atoms with Crippen molar-refractivity contribution in [1.29, 1.82) is 0 Å².